The molecule has 0 fully saturated rings. The van der Waals surface area contributed by atoms with Gasteiger partial charge in [0.2, 0.25) is 0 Å². The van der Waals surface area contributed by atoms with Crippen LogP contribution in [0.15, 0.2) is 58.7 Å². The molecule has 0 unspecified atom stereocenters. The Morgan fingerprint density at radius 2 is 1.92 bits per heavy atom. The van der Waals surface area contributed by atoms with Gasteiger partial charge in [0.25, 0.3) is 0 Å². The molecule has 0 amide bonds. The average molecular weight is 398 g/mol. The Morgan fingerprint density at radius 1 is 1.12 bits per heavy atom. The highest BCUT2D eigenvalue weighted by Gasteiger charge is 2.31. The number of methoxy groups -OCH3 is 1. The summed E-state index contributed by atoms with van der Waals surface area (Å²) >= 11 is 7.31. The van der Waals surface area contributed by atoms with E-state index in [9.17, 15) is 13.2 Å². The fraction of sp³-hybridized carbons (Fsp3) is 0.118. The van der Waals surface area contributed by atoms with Crippen LogP contribution in [-0.2, 0) is 6.18 Å². The van der Waals surface area contributed by atoms with Crippen LogP contribution >= 0.6 is 23.4 Å². The molecule has 0 saturated carbocycles. The minimum absolute atomic E-state index is 0.0905. The van der Waals surface area contributed by atoms with Crippen LogP contribution in [0.4, 0.5) is 13.2 Å². The van der Waals surface area contributed by atoms with Gasteiger partial charge in [-0.2, -0.15) is 13.2 Å². The summed E-state index contributed by atoms with van der Waals surface area (Å²) in [7, 11) is 1.57. The molecule has 0 aliphatic rings. The quantitative estimate of drug-likeness (QED) is 0.554. The molecule has 2 heterocycles. The predicted octanol–water partition coefficient (Wildman–Crippen LogP) is 5.37. The minimum Gasteiger partial charge on any atom is -0.497 e. The van der Waals surface area contributed by atoms with Crippen LogP contribution in [-0.4, -0.2) is 22.1 Å². The van der Waals surface area contributed by atoms with Crippen LogP contribution in [0.5, 0.6) is 5.75 Å². The highest BCUT2D eigenvalue weighted by Crippen LogP contribution is 2.34. The highest BCUT2D eigenvalue weighted by atomic mass is 35.5. The molecular weight excluding hydrogens is 387 g/mol. The monoisotopic (exact) mass is 397 g/mol. The van der Waals surface area contributed by atoms with E-state index in [4.69, 9.17) is 16.3 Å². The van der Waals surface area contributed by atoms with Crippen LogP contribution in [0.1, 0.15) is 5.56 Å². The molecule has 3 rings (SSSR count). The van der Waals surface area contributed by atoms with Crippen molar-refractivity contribution >= 4 is 23.4 Å². The number of halogens is 4. The summed E-state index contributed by atoms with van der Waals surface area (Å²) in [4.78, 5) is 13.1. The number of aromatic nitrogens is 3. The molecule has 4 nitrogen and oxygen atoms in total. The second kappa shape index (κ2) is 7.51. The number of ether oxygens (including phenoxy) is 1. The zero-order chi connectivity index (χ0) is 18.7. The highest BCUT2D eigenvalue weighted by molar-refractivity contribution is 7.99. The van der Waals surface area contributed by atoms with E-state index in [-0.39, 0.29) is 16.5 Å². The smallest absolute Gasteiger partial charge is 0.417 e. The molecule has 9 heteroatoms. The van der Waals surface area contributed by atoms with E-state index in [2.05, 4.69) is 15.0 Å². The Morgan fingerprint density at radius 3 is 2.62 bits per heavy atom. The van der Waals surface area contributed by atoms with Gasteiger partial charge in [-0.3, -0.25) is 4.98 Å². The SMILES string of the molecule is COc1cccc(Sc2ccnc(-c3ncc(C(F)(F)F)cc3Cl)n2)c1. The summed E-state index contributed by atoms with van der Waals surface area (Å²) in [6.45, 7) is 0. The van der Waals surface area contributed by atoms with Crippen LogP contribution in [0, 0.1) is 0 Å². The standard InChI is InChI=1S/C17H11ClF3N3OS/c1-25-11-3-2-4-12(8-11)26-14-5-6-22-16(24-14)15-13(18)7-10(9-23-15)17(19,20)21/h2-9H,1H3. The minimum atomic E-state index is -4.51. The van der Waals surface area contributed by atoms with Crippen molar-refractivity contribution in [2.45, 2.75) is 16.1 Å². The molecule has 0 radical (unpaired) electrons. The van der Waals surface area contributed by atoms with Crippen LogP contribution in [0.3, 0.4) is 0 Å². The van der Waals surface area contributed by atoms with Crippen molar-refractivity contribution < 1.29 is 17.9 Å². The Labute approximate surface area is 156 Å². The lowest BCUT2D eigenvalue weighted by Crippen LogP contribution is -2.06. The first-order valence-electron chi connectivity index (χ1n) is 7.25. The van der Waals surface area contributed by atoms with Crippen molar-refractivity contribution in [1.29, 1.82) is 0 Å². The van der Waals surface area contributed by atoms with Crippen LogP contribution in [0.25, 0.3) is 11.5 Å². The Bertz CT molecular complexity index is 937. The summed E-state index contributed by atoms with van der Waals surface area (Å²) in [6, 6.07) is 9.90. The Balaban J connectivity index is 1.90. The maximum absolute atomic E-state index is 12.7. The van der Waals surface area contributed by atoms with Gasteiger partial charge < -0.3 is 4.74 Å². The summed E-state index contributed by atoms with van der Waals surface area (Å²) in [5.41, 5.74) is -0.832. The molecular formula is C17H11ClF3N3OS. The largest absolute Gasteiger partial charge is 0.497 e. The van der Waals surface area contributed by atoms with Gasteiger partial charge in [0.15, 0.2) is 5.82 Å². The Hall–Kier alpha value is -2.32. The van der Waals surface area contributed by atoms with E-state index in [0.717, 1.165) is 11.0 Å². The van der Waals surface area contributed by atoms with Crippen molar-refractivity contribution in [3.05, 3.63) is 59.4 Å². The summed E-state index contributed by atoms with van der Waals surface area (Å²) in [5.74, 6) is 0.855. The Kier molecular flexibility index (Phi) is 5.33. The van der Waals surface area contributed by atoms with Crippen LogP contribution < -0.4 is 4.74 Å². The van der Waals surface area contributed by atoms with Gasteiger partial charge in [-0.1, -0.05) is 29.4 Å². The predicted molar refractivity (Wildman–Crippen MR) is 92.4 cm³/mol. The van der Waals surface area contributed by atoms with E-state index < -0.39 is 11.7 Å². The van der Waals surface area contributed by atoms with Crippen molar-refractivity contribution in [3.63, 3.8) is 0 Å². The molecule has 0 saturated heterocycles. The number of hydrogen-bond donors (Lipinski definition) is 0. The molecule has 0 bridgehead atoms. The lowest BCUT2D eigenvalue weighted by Gasteiger charge is -2.09. The first-order chi connectivity index (χ1) is 12.4. The number of rotatable bonds is 4. The molecule has 0 spiro atoms. The van der Waals surface area contributed by atoms with E-state index in [1.807, 2.05) is 24.3 Å². The molecule has 2 aromatic heterocycles. The number of pyridine rings is 1. The molecule has 0 aliphatic heterocycles. The fourth-order valence-electron chi connectivity index (χ4n) is 2.06. The molecule has 1 aromatic carbocycles. The van der Waals surface area contributed by atoms with Gasteiger partial charge in [0.05, 0.1) is 17.7 Å². The number of alkyl halides is 3. The topological polar surface area (TPSA) is 47.9 Å². The van der Waals surface area contributed by atoms with Crippen molar-refractivity contribution in [2.75, 3.05) is 7.11 Å². The first-order valence-corrected chi connectivity index (χ1v) is 8.44. The third-order valence-corrected chi connectivity index (χ3v) is 4.49. The van der Waals surface area contributed by atoms with Crippen LogP contribution in [0.2, 0.25) is 5.02 Å². The second-order valence-corrected chi connectivity index (χ2v) is 6.55. The summed E-state index contributed by atoms with van der Waals surface area (Å²) in [5, 5.41) is 0.435. The summed E-state index contributed by atoms with van der Waals surface area (Å²) < 4.78 is 43.4. The van der Waals surface area contributed by atoms with Gasteiger partial charge in [-0.05, 0) is 30.3 Å². The lowest BCUT2D eigenvalue weighted by molar-refractivity contribution is -0.137. The van der Waals surface area contributed by atoms with Gasteiger partial charge in [0, 0.05) is 17.3 Å². The average Bonchev–Trinajstić information content (AvgIpc) is 2.61. The summed E-state index contributed by atoms with van der Waals surface area (Å²) in [6.07, 6.45) is -2.30. The van der Waals surface area contributed by atoms with E-state index >= 15 is 0 Å². The fourth-order valence-corrected chi connectivity index (χ4v) is 3.13. The third kappa shape index (κ3) is 4.25. The van der Waals surface area contributed by atoms with Crippen molar-refractivity contribution in [1.82, 2.24) is 15.0 Å². The molecule has 0 atom stereocenters. The van der Waals surface area contributed by atoms with Gasteiger partial charge in [-0.15, -0.1) is 0 Å². The zero-order valence-corrected chi connectivity index (χ0v) is 14.9. The molecule has 134 valence electrons. The molecule has 0 N–H and O–H groups in total. The first kappa shape index (κ1) is 18.5. The number of hydrogen-bond acceptors (Lipinski definition) is 5. The molecule has 26 heavy (non-hydrogen) atoms. The number of nitrogens with zero attached hydrogens (tertiary/aromatic N) is 3. The van der Waals surface area contributed by atoms with Gasteiger partial charge >= 0.3 is 6.18 Å². The normalized spacial score (nSPS) is 11.4. The lowest BCUT2D eigenvalue weighted by atomic mass is 10.2. The molecule has 0 aliphatic carbocycles. The van der Waals surface area contributed by atoms with E-state index in [0.29, 0.717) is 17.0 Å². The second-order valence-electron chi connectivity index (χ2n) is 5.05. The maximum Gasteiger partial charge on any atom is 0.417 e. The molecule has 3 aromatic rings. The third-order valence-electron chi connectivity index (χ3n) is 3.27. The maximum atomic E-state index is 12.7. The van der Waals surface area contributed by atoms with Crippen molar-refractivity contribution in [3.8, 4) is 17.3 Å². The van der Waals surface area contributed by atoms with Gasteiger partial charge in [-0.25, -0.2) is 9.97 Å². The van der Waals surface area contributed by atoms with Gasteiger partial charge in [0.1, 0.15) is 16.5 Å². The van der Waals surface area contributed by atoms with E-state index in [1.165, 1.54) is 18.0 Å². The number of benzene rings is 1. The van der Waals surface area contributed by atoms with Crippen molar-refractivity contribution in [2.24, 2.45) is 0 Å². The van der Waals surface area contributed by atoms with E-state index in [1.54, 1.807) is 13.2 Å². The zero-order valence-electron chi connectivity index (χ0n) is 13.3.